The Balaban J connectivity index is 1.46. The van der Waals surface area contributed by atoms with Gasteiger partial charge in [0.2, 0.25) is 5.66 Å². The number of nitrogens with zero attached hydrogens (tertiary/aromatic N) is 2. The number of carboxylic acid groups (broad SMARTS) is 1. The molecule has 2 aromatic carbocycles. The zero-order valence-electron chi connectivity index (χ0n) is 22.6. The molecule has 3 aromatic rings. The molecule has 1 unspecified atom stereocenters. The highest BCUT2D eigenvalue weighted by Crippen LogP contribution is 2.25. The minimum Gasteiger partial charge on any atom is -0.480 e. The van der Waals surface area contributed by atoms with Crippen molar-refractivity contribution in [3.05, 3.63) is 130 Å². The Kier molecular flexibility index (Phi) is 9.93. The van der Waals surface area contributed by atoms with Crippen LogP contribution in [0.2, 0.25) is 0 Å². The summed E-state index contributed by atoms with van der Waals surface area (Å²) in [4.78, 5) is 55.3. The molecule has 0 spiro atoms. The SMILES string of the molecule is O=C(N[C@@H](CCCNC(=O)C1(NO)C=CC=CC=N1)C(=O)O)c1cccn(C(c2ccccc2)c2ccccc2)c1=O. The third-order valence-electron chi connectivity index (χ3n) is 6.73. The van der Waals surface area contributed by atoms with Gasteiger partial charge in [-0.3, -0.25) is 19.4 Å². The molecule has 1 aliphatic heterocycles. The Morgan fingerprint density at radius 3 is 2.19 bits per heavy atom. The lowest BCUT2D eigenvalue weighted by molar-refractivity contribution is -0.139. The number of carboxylic acids is 1. The molecule has 0 saturated carbocycles. The van der Waals surface area contributed by atoms with Crippen LogP contribution in [0.15, 0.2) is 113 Å². The third kappa shape index (κ3) is 6.95. The van der Waals surface area contributed by atoms with Crippen molar-refractivity contribution in [1.29, 1.82) is 0 Å². The van der Waals surface area contributed by atoms with Crippen LogP contribution >= 0.6 is 0 Å². The van der Waals surface area contributed by atoms with E-state index in [4.69, 9.17) is 0 Å². The number of pyridine rings is 1. The average Bonchev–Trinajstić information content (AvgIpc) is 3.27. The van der Waals surface area contributed by atoms with Crippen molar-refractivity contribution in [1.82, 2.24) is 20.7 Å². The van der Waals surface area contributed by atoms with E-state index in [2.05, 4.69) is 15.6 Å². The molecule has 4 rings (SSSR count). The van der Waals surface area contributed by atoms with Gasteiger partial charge in [-0.15, -0.1) is 0 Å². The first kappa shape index (κ1) is 29.8. The molecule has 0 radical (unpaired) electrons. The summed E-state index contributed by atoms with van der Waals surface area (Å²) in [6, 6.07) is 19.9. The van der Waals surface area contributed by atoms with Crippen molar-refractivity contribution >= 4 is 24.0 Å². The van der Waals surface area contributed by atoms with Crippen molar-refractivity contribution in [2.45, 2.75) is 30.6 Å². The number of rotatable bonds is 12. The van der Waals surface area contributed by atoms with Gasteiger partial charge in [-0.1, -0.05) is 72.8 Å². The highest BCUT2D eigenvalue weighted by Gasteiger charge is 2.34. The Bertz CT molecular complexity index is 1490. The number of hydroxylamine groups is 1. The van der Waals surface area contributed by atoms with Crippen molar-refractivity contribution < 1.29 is 24.7 Å². The Labute approximate surface area is 241 Å². The van der Waals surface area contributed by atoms with Crippen LogP contribution in [0.1, 0.15) is 40.4 Å². The van der Waals surface area contributed by atoms with Gasteiger partial charge in [0.15, 0.2) is 0 Å². The normalized spacial score (nSPS) is 16.5. The lowest BCUT2D eigenvalue weighted by Gasteiger charge is -2.23. The predicted octanol–water partition coefficient (Wildman–Crippen LogP) is 2.44. The fourth-order valence-corrected chi connectivity index (χ4v) is 4.57. The van der Waals surface area contributed by atoms with Gasteiger partial charge in [0.25, 0.3) is 17.4 Å². The van der Waals surface area contributed by atoms with E-state index < -0.39 is 41.1 Å². The number of amides is 2. The molecule has 1 aliphatic rings. The molecule has 0 aliphatic carbocycles. The molecule has 11 nitrogen and oxygen atoms in total. The lowest BCUT2D eigenvalue weighted by Crippen LogP contribution is -2.53. The van der Waals surface area contributed by atoms with Crippen LogP contribution in [-0.2, 0) is 9.59 Å². The zero-order valence-corrected chi connectivity index (χ0v) is 22.6. The molecule has 2 atom stereocenters. The van der Waals surface area contributed by atoms with Gasteiger partial charge < -0.3 is 25.5 Å². The summed E-state index contributed by atoms with van der Waals surface area (Å²) in [5.41, 5.74) is 1.09. The van der Waals surface area contributed by atoms with Crippen LogP contribution in [0.25, 0.3) is 0 Å². The van der Waals surface area contributed by atoms with Crippen LogP contribution in [0.4, 0.5) is 0 Å². The number of carbonyl (C=O) groups excluding carboxylic acids is 2. The van der Waals surface area contributed by atoms with Gasteiger partial charge in [0, 0.05) is 19.0 Å². The first-order chi connectivity index (χ1) is 20.4. The molecule has 2 heterocycles. The molecular weight excluding hydrogens is 538 g/mol. The van der Waals surface area contributed by atoms with Gasteiger partial charge in [0.1, 0.15) is 11.6 Å². The summed E-state index contributed by atoms with van der Waals surface area (Å²) < 4.78 is 1.45. The van der Waals surface area contributed by atoms with Gasteiger partial charge >= 0.3 is 5.97 Å². The summed E-state index contributed by atoms with van der Waals surface area (Å²) in [5, 5.41) is 24.3. The largest absolute Gasteiger partial charge is 0.480 e. The second-order valence-electron chi connectivity index (χ2n) is 9.52. The van der Waals surface area contributed by atoms with Crippen molar-refractivity contribution in [3.63, 3.8) is 0 Å². The predicted molar refractivity (Wildman–Crippen MR) is 156 cm³/mol. The Hall–Kier alpha value is -5.13. The third-order valence-corrected chi connectivity index (χ3v) is 6.73. The molecule has 42 heavy (non-hydrogen) atoms. The van der Waals surface area contributed by atoms with Gasteiger partial charge in [-0.2, -0.15) is 5.48 Å². The number of aliphatic carboxylic acids is 1. The zero-order chi connectivity index (χ0) is 30.0. The van der Waals surface area contributed by atoms with Gasteiger partial charge in [0.05, 0.1) is 6.04 Å². The molecule has 11 heteroatoms. The number of hydrogen-bond acceptors (Lipinski definition) is 7. The summed E-state index contributed by atoms with van der Waals surface area (Å²) in [5.74, 6) is -2.75. The molecule has 0 saturated heterocycles. The number of benzene rings is 2. The second kappa shape index (κ2) is 14.0. The standard InChI is InChI=1S/C31H31N5O6/c37-27(34-25(29(39)40)17-10-19-32-30(41)31(35-42)18-8-3-9-20-33-31)24-16-11-21-36(28(24)38)26(22-12-4-1-5-13-22)23-14-6-2-7-15-23/h1-9,11-16,18,20-21,25-26,35,42H,10,17,19H2,(H,32,41)(H,34,37)(H,39,40)/t25-,31?/m0/s1. The molecule has 216 valence electrons. The maximum atomic E-state index is 13.6. The van der Waals surface area contributed by atoms with E-state index in [1.54, 1.807) is 30.5 Å². The van der Waals surface area contributed by atoms with Crippen molar-refractivity contribution in [2.24, 2.45) is 4.99 Å². The van der Waals surface area contributed by atoms with E-state index >= 15 is 0 Å². The van der Waals surface area contributed by atoms with Crippen molar-refractivity contribution in [2.75, 3.05) is 6.54 Å². The maximum absolute atomic E-state index is 13.6. The van der Waals surface area contributed by atoms with E-state index in [0.29, 0.717) is 0 Å². The molecular formula is C31H31N5O6. The number of allylic oxidation sites excluding steroid dienone is 3. The number of aromatic nitrogens is 1. The lowest BCUT2D eigenvalue weighted by atomic mass is 9.98. The summed E-state index contributed by atoms with van der Waals surface area (Å²) in [6.45, 7) is 0.0483. The Morgan fingerprint density at radius 1 is 0.905 bits per heavy atom. The summed E-state index contributed by atoms with van der Waals surface area (Å²) >= 11 is 0. The van der Waals surface area contributed by atoms with Crippen molar-refractivity contribution in [3.8, 4) is 0 Å². The first-order valence-corrected chi connectivity index (χ1v) is 13.3. The monoisotopic (exact) mass is 569 g/mol. The minimum atomic E-state index is -1.71. The highest BCUT2D eigenvalue weighted by atomic mass is 16.5. The topological polar surface area (TPSA) is 162 Å². The molecule has 5 N–H and O–H groups in total. The molecule has 0 fully saturated rings. The van der Waals surface area contributed by atoms with Crippen LogP contribution in [-0.4, -0.2) is 57.1 Å². The maximum Gasteiger partial charge on any atom is 0.326 e. The summed E-state index contributed by atoms with van der Waals surface area (Å²) in [7, 11) is 0. The fraction of sp³-hybridized carbons (Fsp3) is 0.194. The van der Waals surface area contributed by atoms with Crippen LogP contribution in [0, 0.1) is 0 Å². The summed E-state index contributed by atoms with van der Waals surface area (Å²) in [6.07, 6.45) is 9.26. The molecule has 1 aromatic heterocycles. The highest BCUT2D eigenvalue weighted by molar-refractivity contribution is 5.96. The van der Waals surface area contributed by atoms with Crippen LogP contribution in [0.3, 0.4) is 0 Å². The van der Waals surface area contributed by atoms with E-state index in [1.165, 1.54) is 22.9 Å². The average molecular weight is 570 g/mol. The smallest absolute Gasteiger partial charge is 0.326 e. The molecule has 0 bridgehead atoms. The number of nitrogens with one attached hydrogen (secondary N) is 3. The van der Waals surface area contributed by atoms with E-state index in [-0.39, 0.29) is 24.9 Å². The van der Waals surface area contributed by atoms with E-state index in [9.17, 15) is 29.5 Å². The minimum absolute atomic E-state index is 0.0285. The Morgan fingerprint density at radius 2 is 1.57 bits per heavy atom. The first-order valence-electron chi connectivity index (χ1n) is 13.3. The fourth-order valence-electron chi connectivity index (χ4n) is 4.57. The number of carbonyl (C=O) groups is 3. The number of hydrogen-bond donors (Lipinski definition) is 5. The molecule has 2 amide bonds. The van der Waals surface area contributed by atoms with Crippen LogP contribution < -0.4 is 21.7 Å². The van der Waals surface area contributed by atoms with Gasteiger partial charge in [-0.25, -0.2) is 4.79 Å². The quantitative estimate of drug-likeness (QED) is 0.165. The number of aliphatic imine (C=N–C) groups is 1. The van der Waals surface area contributed by atoms with Crippen LogP contribution in [0.5, 0.6) is 0 Å². The second-order valence-corrected chi connectivity index (χ2v) is 9.52. The van der Waals surface area contributed by atoms with E-state index in [1.807, 2.05) is 66.1 Å². The van der Waals surface area contributed by atoms with Gasteiger partial charge in [-0.05, 0) is 48.3 Å². The van der Waals surface area contributed by atoms with E-state index in [0.717, 1.165) is 11.1 Å².